The molecule has 2 unspecified atom stereocenters. The second-order valence-corrected chi connectivity index (χ2v) is 29.7. The predicted molar refractivity (Wildman–Crippen MR) is 372 cm³/mol. The minimum atomic E-state index is -4.95. The minimum absolute atomic E-state index is 0.106. The zero-order chi connectivity index (χ0) is 67.7. The van der Waals surface area contributed by atoms with Gasteiger partial charge in [0.25, 0.3) is 0 Å². The van der Waals surface area contributed by atoms with Crippen LogP contribution in [0.1, 0.15) is 381 Å². The molecule has 0 aliphatic heterocycles. The highest BCUT2D eigenvalue weighted by atomic mass is 31.2. The first-order chi connectivity index (χ1) is 44.5. The first-order valence-electron chi connectivity index (χ1n) is 38.1. The Morgan fingerprint density at radius 1 is 0.293 bits per heavy atom. The molecule has 17 nitrogen and oxygen atoms in total. The molecule has 0 rings (SSSR count). The molecule has 0 heterocycles. The molecule has 19 heteroatoms. The number of carbonyl (C=O) groups is 4. The van der Waals surface area contributed by atoms with Gasteiger partial charge in [-0.2, -0.15) is 0 Å². The summed E-state index contributed by atoms with van der Waals surface area (Å²) in [6.07, 6.45) is 54.4. The number of esters is 4. The maximum absolute atomic E-state index is 13.0. The third-order valence-corrected chi connectivity index (χ3v) is 18.9. The van der Waals surface area contributed by atoms with Gasteiger partial charge < -0.3 is 33.8 Å². The van der Waals surface area contributed by atoms with Crippen molar-refractivity contribution in [2.75, 3.05) is 39.6 Å². The van der Waals surface area contributed by atoms with E-state index < -0.39 is 97.5 Å². The number of aliphatic hydroxyl groups excluding tert-OH is 1. The van der Waals surface area contributed by atoms with Crippen LogP contribution in [0.5, 0.6) is 0 Å². The fraction of sp³-hybridized carbons (Fsp3) is 0.945. The molecule has 0 aromatic rings. The van der Waals surface area contributed by atoms with E-state index in [0.29, 0.717) is 31.6 Å². The van der Waals surface area contributed by atoms with Crippen LogP contribution in [0, 0.1) is 5.92 Å². The number of ether oxygens (including phenoxy) is 4. The maximum Gasteiger partial charge on any atom is 0.472 e. The van der Waals surface area contributed by atoms with Crippen LogP contribution in [0.3, 0.4) is 0 Å². The van der Waals surface area contributed by atoms with Crippen LogP contribution in [0.15, 0.2) is 0 Å². The Balaban J connectivity index is 5.13. The van der Waals surface area contributed by atoms with E-state index in [-0.39, 0.29) is 25.7 Å². The third-order valence-electron chi connectivity index (χ3n) is 17.0. The molecule has 0 aromatic carbocycles. The lowest BCUT2D eigenvalue weighted by molar-refractivity contribution is -0.161. The van der Waals surface area contributed by atoms with E-state index in [4.69, 9.17) is 37.0 Å². The van der Waals surface area contributed by atoms with E-state index in [1.807, 2.05) is 0 Å². The number of hydrogen-bond acceptors (Lipinski definition) is 15. The number of rotatable bonds is 73. The summed E-state index contributed by atoms with van der Waals surface area (Å²) >= 11 is 0. The Morgan fingerprint density at radius 3 is 0.739 bits per heavy atom. The van der Waals surface area contributed by atoms with Crippen LogP contribution >= 0.6 is 15.6 Å². The third kappa shape index (κ3) is 66.7. The van der Waals surface area contributed by atoms with Crippen LogP contribution in [0.25, 0.3) is 0 Å². The quantitative estimate of drug-likeness (QED) is 0.0222. The topological polar surface area (TPSA) is 237 Å². The molecule has 0 bridgehead atoms. The van der Waals surface area contributed by atoms with Crippen molar-refractivity contribution in [2.45, 2.75) is 400 Å². The van der Waals surface area contributed by atoms with Crippen molar-refractivity contribution in [3.8, 4) is 0 Å². The van der Waals surface area contributed by atoms with E-state index in [2.05, 4.69) is 34.6 Å². The van der Waals surface area contributed by atoms with E-state index in [9.17, 15) is 43.2 Å². The van der Waals surface area contributed by atoms with Gasteiger partial charge in [-0.15, -0.1) is 0 Å². The van der Waals surface area contributed by atoms with Crippen molar-refractivity contribution in [1.82, 2.24) is 0 Å². The number of hydrogen-bond donors (Lipinski definition) is 3. The van der Waals surface area contributed by atoms with Crippen molar-refractivity contribution in [3.05, 3.63) is 0 Å². The molecule has 0 aliphatic rings. The van der Waals surface area contributed by atoms with E-state index in [1.165, 1.54) is 199 Å². The van der Waals surface area contributed by atoms with Crippen LogP contribution in [-0.4, -0.2) is 96.7 Å². The van der Waals surface area contributed by atoms with Gasteiger partial charge in [0.15, 0.2) is 12.2 Å². The first kappa shape index (κ1) is 90.1. The maximum atomic E-state index is 13.0. The van der Waals surface area contributed by atoms with Crippen molar-refractivity contribution >= 4 is 39.5 Å². The van der Waals surface area contributed by atoms with E-state index in [1.54, 1.807) is 0 Å². The lowest BCUT2D eigenvalue weighted by atomic mass is 10.0. The first-order valence-corrected chi connectivity index (χ1v) is 41.1. The summed E-state index contributed by atoms with van der Waals surface area (Å²) in [6.45, 7) is 7.16. The molecule has 546 valence electrons. The van der Waals surface area contributed by atoms with Gasteiger partial charge in [-0.05, 0) is 31.6 Å². The second-order valence-electron chi connectivity index (χ2n) is 26.8. The Labute approximate surface area is 562 Å². The van der Waals surface area contributed by atoms with E-state index >= 15 is 0 Å². The highest BCUT2D eigenvalue weighted by Gasteiger charge is 2.30. The minimum Gasteiger partial charge on any atom is -0.462 e. The van der Waals surface area contributed by atoms with Gasteiger partial charge in [-0.25, -0.2) is 9.13 Å². The SMILES string of the molecule is CCCCCCCCCCCCCCCCCCCCCCCCC(=O)O[C@H](COC(=O)CCCCCCCCCCCCC)COP(=O)(O)OC[C@@H](O)COP(=O)(O)OC[C@@H](COC(=O)CCCCCCCCC(C)C)OC(=O)CCCCCCCCCCCC. The largest absolute Gasteiger partial charge is 0.472 e. The molecular weight excluding hydrogens is 1210 g/mol. The highest BCUT2D eigenvalue weighted by Crippen LogP contribution is 2.45. The predicted octanol–water partition coefficient (Wildman–Crippen LogP) is 21.3. The normalized spacial score (nSPS) is 14.0. The van der Waals surface area contributed by atoms with Crippen molar-refractivity contribution in [2.24, 2.45) is 5.92 Å². The molecule has 0 saturated heterocycles. The smallest absolute Gasteiger partial charge is 0.462 e. The molecule has 0 radical (unpaired) electrons. The van der Waals surface area contributed by atoms with Gasteiger partial charge in [-0.3, -0.25) is 37.3 Å². The number of unbranched alkanes of at least 4 members (excludes halogenated alkanes) is 45. The van der Waals surface area contributed by atoms with E-state index in [0.717, 1.165) is 96.3 Å². The molecule has 0 saturated carbocycles. The molecule has 3 N–H and O–H groups in total. The lowest BCUT2D eigenvalue weighted by Gasteiger charge is -2.21. The summed E-state index contributed by atoms with van der Waals surface area (Å²) in [6, 6.07) is 0. The molecule has 0 aliphatic carbocycles. The summed E-state index contributed by atoms with van der Waals surface area (Å²) in [5, 5.41) is 10.6. The zero-order valence-electron chi connectivity index (χ0n) is 59.7. The summed E-state index contributed by atoms with van der Waals surface area (Å²) in [5.74, 6) is -1.44. The molecule has 0 aromatic heterocycles. The fourth-order valence-electron chi connectivity index (χ4n) is 11.2. The lowest BCUT2D eigenvalue weighted by Crippen LogP contribution is -2.30. The Bertz CT molecular complexity index is 1770. The van der Waals surface area contributed by atoms with Gasteiger partial charge in [0, 0.05) is 25.7 Å². The van der Waals surface area contributed by atoms with Gasteiger partial charge in [0.05, 0.1) is 26.4 Å². The van der Waals surface area contributed by atoms with Gasteiger partial charge in [-0.1, -0.05) is 330 Å². The Morgan fingerprint density at radius 2 is 0.500 bits per heavy atom. The number of phosphoric ester groups is 2. The Kier molecular flexibility index (Phi) is 64.9. The molecule has 0 amide bonds. The van der Waals surface area contributed by atoms with Crippen molar-refractivity contribution < 1.29 is 80.2 Å². The van der Waals surface area contributed by atoms with Gasteiger partial charge >= 0.3 is 39.5 Å². The summed E-state index contributed by atoms with van der Waals surface area (Å²) in [4.78, 5) is 72.5. The molecule has 0 spiro atoms. The summed E-state index contributed by atoms with van der Waals surface area (Å²) in [5.41, 5.74) is 0. The van der Waals surface area contributed by atoms with Crippen LogP contribution in [0.2, 0.25) is 0 Å². The highest BCUT2D eigenvalue weighted by molar-refractivity contribution is 7.47. The number of phosphoric acid groups is 2. The number of aliphatic hydroxyl groups is 1. The summed E-state index contributed by atoms with van der Waals surface area (Å²) in [7, 11) is -9.90. The molecule has 5 atom stereocenters. The average Bonchev–Trinajstić information content (AvgIpc) is 1.97. The molecule has 92 heavy (non-hydrogen) atoms. The van der Waals surface area contributed by atoms with Crippen LogP contribution in [-0.2, 0) is 65.4 Å². The molecular formula is C73H142O17P2. The van der Waals surface area contributed by atoms with Crippen LogP contribution < -0.4 is 0 Å². The second kappa shape index (κ2) is 66.3. The summed E-state index contributed by atoms with van der Waals surface area (Å²) < 4.78 is 68.3. The monoisotopic (exact) mass is 1350 g/mol. The fourth-order valence-corrected chi connectivity index (χ4v) is 12.8. The average molecular weight is 1350 g/mol. The Hall–Kier alpha value is -1.94. The zero-order valence-corrected chi connectivity index (χ0v) is 61.5. The van der Waals surface area contributed by atoms with Crippen molar-refractivity contribution in [3.63, 3.8) is 0 Å². The van der Waals surface area contributed by atoms with Crippen molar-refractivity contribution in [1.29, 1.82) is 0 Å². The number of carbonyl (C=O) groups excluding carboxylic acids is 4. The van der Waals surface area contributed by atoms with Crippen LogP contribution in [0.4, 0.5) is 0 Å². The van der Waals surface area contributed by atoms with Gasteiger partial charge in [0.1, 0.15) is 19.3 Å². The van der Waals surface area contributed by atoms with Gasteiger partial charge in [0.2, 0.25) is 0 Å². The standard InChI is InChI=1S/C73H142O17P2/c1-6-9-12-15-18-21-24-25-26-27-28-29-30-31-32-33-34-36-39-42-49-54-59-73(78)89-68(62-83-70(75)56-51-46-40-38-35-22-19-16-13-10-7-2)64-87-91(79,80)85-60-67(74)61-86-92(81,82)88-65-69(63-84-71(76)57-52-47-44-43-45-50-55-66(4)5)90-72(77)58-53-48-41-37-23-20-17-14-11-8-3/h66-69,74H,6-65H2,1-5H3,(H,79,80)(H,81,82)/t67-,68-,69-/m1/s1. The molecule has 0 fully saturated rings.